The fourth-order valence-corrected chi connectivity index (χ4v) is 3.08. The Morgan fingerprint density at radius 2 is 1.16 bits per heavy atom. The van der Waals surface area contributed by atoms with Crippen molar-refractivity contribution in [2.24, 2.45) is 0 Å². The van der Waals surface area contributed by atoms with E-state index in [4.69, 9.17) is 9.47 Å². The Kier molecular flexibility index (Phi) is 8.24. The molecule has 0 aromatic heterocycles. The largest absolute Gasteiger partial charge is 0.489 e. The molecule has 0 aliphatic rings. The van der Waals surface area contributed by atoms with E-state index < -0.39 is 0 Å². The zero-order valence-corrected chi connectivity index (χ0v) is 17.8. The average Bonchev–Trinajstić information content (AvgIpc) is 2.82. The van der Waals surface area contributed by atoms with Gasteiger partial charge in [0.15, 0.2) is 0 Å². The van der Waals surface area contributed by atoms with Crippen LogP contribution in [0.15, 0.2) is 98.1 Å². The van der Waals surface area contributed by atoms with E-state index in [0.29, 0.717) is 17.9 Å². The summed E-state index contributed by atoms with van der Waals surface area (Å²) >= 11 is 0. The third-order valence-corrected chi connectivity index (χ3v) is 4.93. The zero-order valence-electron chi connectivity index (χ0n) is 17.8. The van der Waals surface area contributed by atoms with E-state index in [9.17, 15) is 4.79 Å². The normalized spacial score (nSPS) is 10.3. The van der Waals surface area contributed by atoms with Gasteiger partial charge < -0.3 is 9.47 Å². The van der Waals surface area contributed by atoms with Crippen molar-refractivity contribution in [1.82, 2.24) is 0 Å². The van der Waals surface area contributed by atoms with Gasteiger partial charge in [-0.15, -0.1) is 13.2 Å². The van der Waals surface area contributed by atoms with E-state index in [1.807, 2.05) is 48.6 Å². The molecule has 0 N–H and O–H groups in total. The summed E-state index contributed by atoms with van der Waals surface area (Å²) < 4.78 is 11.3. The van der Waals surface area contributed by atoms with E-state index in [2.05, 4.69) is 25.3 Å². The molecule has 0 radical (unpaired) electrons. The first kappa shape index (κ1) is 22.1. The zero-order chi connectivity index (χ0) is 21.9. The first-order chi connectivity index (χ1) is 15.2. The van der Waals surface area contributed by atoms with Gasteiger partial charge in [-0.25, -0.2) is 4.79 Å². The van der Waals surface area contributed by atoms with E-state index in [0.717, 1.165) is 37.0 Å². The Morgan fingerprint density at radius 1 is 0.677 bits per heavy atom. The summed E-state index contributed by atoms with van der Waals surface area (Å²) in [5.41, 5.74) is 3.98. The van der Waals surface area contributed by atoms with Crippen molar-refractivity contribution in [3.8, 4) is 11.5 Å². The van der Waals surface area contributed by atoms with Gasteiger partial charge >= 0.3 is 5.97 Å². The predicted molar refractivity (Wildman–Crippen MR) is 126 cm³/mol. The van der Waals surface area contributed by atoms with Gasteiger partial charge in [-0.2, -0.15) is 0 Å². The number of carbonyl (C=O) groups excluding carboxylic acids is 1. The summed E-state index contributed by atoms with van der Waals surface area (Å²) in [6.07, 6.45) is 7.61. The Morgan fingerprint density at radius 3 is 1.71 bits per heavy atom. The van der Waals surface area contributed by atoms with E-state index in [-0.39, 0.29) is 5.97 Å². The minimum absolute atomic E-state index is 0.365. The van der Waals surface area contributed by atoms with E-state index >= 15 is 0 Å². The molecule has 0 spiro atoms. The first-order valence-electron chi connectivity index (χ1n) is 10.5. The molecule has 3 aromatic rings. The molecule has 158 valence electrons. The van der Waals surface area contributed by atoms with Gasteiger partial charge in [0.2, 0.25) is 0 Å². The molecule has 0 bridgehead atoms. The molecule has 0 amide bonds. The van der Waals surface area contributed by atoms with Crippen LogP contribution >= 0.6 is 0 Å². The summed E-state index contributed by atoms with van der Waals surface area (Å²) in [6.45, 7) is 7.93. The summed E-state index contributed by atoms with van der Waals surface area (Å²) in [4.78, 5) is 12.4. The number of aryl methyl sites for hydroxylation is 2. The molecule has 3 heteroatoms. The Balaban J connectivity index is 1.49. The van der Waals surface area contributed by atoms with Crippen LogP contribution in [0, 0.1) is 0 Å². The molecule has 3 nitrogen and oxygen atoms in total. The predicted octanol–water partition coefficient (Wildman–Crippen LogP) is 6.72. The lowest BCUT2D eigenvalue weighted by Crippen LogP contribution is -2.08. The summed E-state index contributed by atoms with van der Waals surface area (Å²) in [5, 5.41) is 0. The SMILES string of the molecule is C=CCCc1ccc(OCc2ccc(OC(=O)c3ccc(CCC=C)cc3)cc2)cc1. The van der Waals surface area contributed by atoms with Crippen molar-refractivity contribution >= 4 is 5.97 Å². The van der Waals surface area contributed by atoms with Gasteiger partial charge in [-0.05, 0) is 78.8 Å². The molecule has 0 unspecified atom stereocenters. The number of hydrogen-bond acceptors (Lipinski definition) is 3. The molecule has 3 aromatic carbocycles. The highest BCUT2D eigenvalue weighted by atomic mass is 16.5. The van der Waals surface area contributed by atoms with Gasteiger partial charge in [0.05, 0.1) is 5.56 Å². The highest BCUT2D eigenvalue weighted by Gasteiger charge is 2.09. The molecule has 0 saturated carbocycles. The Hall–Kier alpha value is -3.59. The lowest BCUT2D eigenvalue weighted by molar-refractivity contribution is 0.0734. The second-order valence-corrected chi connectivity index (χ2v) is 7.32. The molecule has 0 atom stereocenters. The maximum absolute atomic E-state index is 12.4. The lowest BCUT2D eigenvalue weighted by atomic mass is 10.1. The number of hydrogen-bond donors (Lipinski definition) is 0. The van der Waals surface area contributed by atoms with Crippen molar-refractivity contribution in [2.75, 3.05) is 0 Å². The van der Waals surface area contributed by atoms with Crippen LogP contribution in [0.1, 0.15) is 39.9 Å². The monoisotopic (exact) mass is 412 g/mol. The average molecular weight is 413 g/mol. The van der Waals surface area contributed by atoms with E-state index in [1.165, 1.54) is 11.1 Å². The van der Waals surface area contributed by atoms with Crippen molar-refractivity contribution in [3.05, 3.63) is 120 Å². The lowest BCUT2D eigenvalue weighted by Gasteiger charge is -2.09. The van der Waals surface area contributed by atoms with Crippen molar-refractivity contribution < 1.29 is 14.3 Å². The third-order valence-electron chi connectivity index (χ3n) is 4.93. The second kappa shape index (κ2) is 11.6. The minimum atomic E-state index is -0.365. The number of esters is 1. The van der Waals surface area contributed by atoms with Crippen LogP contribution in [0.4, 0.5) is 0 Å². The smallest absolute Gasteiger partial charge is 0.343 e. The number of ether oxygens (including phenoxy) is 2. The number of benzene rings is 3. The molecule has 3 rings (SSSR count). The quantitative estimate of drug-likeness (QED) is 0.199. The van der Waals surface area contributed by atoms with Gasteiger partial charge in [-0.3, -0.25) is 0 Å². The minimum Gasteiger partial charge on any atom is -0.489 e. The van der Waals surface area contributed by atoms with Crippen LogP contribution < -0.4 is 9.47 Å². The summed E-state index contributed by atoms with van der Waals surface area (Å²) in [7, 11) is 0. The van der Waals surface area contributed by atoms with Crippen LogP contribution in [0.25, 0.3) is 0 Å². The molecule has 0 aliphatic heterocycles. The highest BCUT2D eigenvalue weighted by Crippen LogP contribution is 2.18. The Labute approximate surface area is 184 Å². The van der Waals surface area contributed by atoms with Crippen molar-refractivity contribution in [2.45, 2.75) is 32.3 Å². The van der Waals surface area contributed by atoms with Crippen LogP contribution in [0.2, 0.25) is 0 Å². The molecule has 0 aliphatic carbocycles. The summed E-state index contributed by atoms with van der Waals surface area (Å²) in [5.74, 6) is 0.973. The van der Waals surface area contributed by atoms with Crippen molar-refractivity contribution in [1.29, 1.82) is 0 Å². The highest BCUT2D eigenvalue weighted by molar-refractivity contribution is 5.91. The number of carbonyl (C=O) groups is 1. The maximum atomic E-state index is 12.4. The first-order valence-corrected chi connectivity index (χ1v) is 10.5. The van der Waals surface area contributed by atoms with Crippen molar-refractivity contribution in [3.63, 3.8) is 0 Å². The van der Waals surface area contributed by atoms with Crippen LogP contribution in [-0.2, 0) is 19.4 Å². The third kappa shape index (κ3) is 7.00. The van der Waals surface area contributed by atoms with Crippen LogP contribution in [0.5, 0.6) is 11.5 Å². The molecule has 0 fully saturated rings. The summed E-state index contributed by atoms with van der Waals surface area (Å²) in [6, 6.07) is 23.0. The standard InChI is InChI=1S/C28H28O3/c1-3-5-7-22-9-15-25(16-10-22)28(29)31-27-19-13-24(14-20-27)21-30-26-17-11-23(12-18-26)8-6-4-2/h3-4,9-20H,1-2,5-8,21H2. The molecule has 31 heavy (non-hydrogen) atoms. The molecular formula is C28H28O3. The number of allylic oxidation sites excluding steroid dienone is 2. The van der Waals surface area contributed by atoms with Crippen LogP contribution in [-0.4, -0.2) is 5.97 Å². The van der Waals surface area contributed by atoms with Gasteiger partial charge in [0.1, 0.15) is 18.1 Å². The second-order valence-electron chi connectivity index (χ2n) is 7.32. The van der Waals surface area contributed by atoms with Crippen LogP contribution in [0.3, 0.4) is 0 Å². The van der Waals surface area contributed by atoms with E-state index in [1.54, 1.807) is 24.3 Å². The maximum Gasteiger partial charge on any atom is 0.343 e. The van der Waals surface area contributed by atoms with Gasteiger partial charge in [0.25, 0.3) is 0 Å². The van der Waals surface area contributed by atoms with Gasteiger partial charge in [0, 0.05) is 0 Å². The topological polar surface area (TPSA) is 35.5 Å². The number of rotatable bonds is 11. The van der Waals surface area contributed by atoms with Gasteiger partial charge in [-0.1, -0.05) is 48.6 Å². The fraction of sp³-hybridized carbons (Fsp3) is 0.179. The fourth-order valence-electron chi connectivity index (χ4n) is 3.08. The molecular weight excluding hydrogens is 384 g/mol. The molecule has 0 saturated heterocycles. The Bertz CT molecular complexity index is 984. The molecule has 0 heterocycles.